The van der Waals surface area contributed by atoms with Crippen molar-refractivity contribution in [3.63, 3.8) is 0 Å². The number of nitrogens with one attached hydrogen (secondary N) is 1. The van der Waals surface area contributed by atoms with Gasteiger partial charge in [0.25, 0.3) is 0 Å². The summed E-state index contributed by atoms with van der Waals surface area (Å²) in [6.07, 6.45) is 2.22. The second-order valence-electron chi connectivity index (χ2n) is 5.02. The van der Waals surface area contributed by atoms with Gasteiger partial charge in [0.15, 0.2) is 0 Å². The zero-order valence-electron chi connectivity index (χ0n) is 10.7. The number of amides is 2. The quantitative estimate of drug-likeness (QED) is 0.835. The minimum atomic E-state index is -0.940. The number of halogens is 2. The fourth-order valence-electron chi connectivity index (χ4n) is 2.52. The molecule has 0 spiro atoms. The van der Waals surface area contributed by atoms with E-state index in [1.165, 1.54) is 12.1 Å². The summed E-state index contributed by atoms with van der Waals surface area (Å²) in [5.41, 5.74) is 0.224. The van der Waals surface area contributed by atoms with Crippen LogP contribution in [0.5, 0.6) is 0 Å². The minimum Gasteiger partial charge on any atom is -0.371 e. The maximum absolute atomic E-state index is 14.1. The number of imide groups is 1. The molecule has 1 aromatic carbocycles. The first-order chi connectivity index (χ1) is 9.56. The monoisotopic (exact) mass is 279 g/mol. The molecule has 20 heavy (non-hydrogen) atoms. The van der Waals surface area contributed by atoms with Crippen LogP contribution in [-0.4, -0.2) is 24.9 Å². The van der Waals surface area contributed by atoms with E-state index < -0.39 is 29.4 Å². The summed E-state index contributed by atoms with van der Waals surface area (Å²) in [6.45, 7) is 1.33. The third kappa shape index (κ3) is 2.15. The Kier molecular flexibility index (Phi) is 3.16. The number of carbonyl (C=O) groups excluding carboxylic acids is 2. The SMILES string of the molecule is O=C1CCC(c2c(F)cc(N3C[CH]C3)cc2F)C(=O)N1. The van der Waals surface area contributed by atoms with E-state index in [0.29, 0.717) is 18.8 Å². The Balaban J connectivity index is 1.93. The second-order valence-corrected chi connectivity index (χ2v) is 5.02. The third-order valence-electron chi connectivity index (χ3n) is 3.72. The van der Waals surface area contributed by atoms with Crippen molar-refractivity contribution in [2.45, 2.75) is 18.8 Å². The minimum absolute atomic E-state index is 0.0954. The van der Waals surface area contributed by atoms with Gasteiger partial charge in [-0.2, -0.15) is 0 Å². The fraction of sp³-hybridized carbons (Fsp3) is 0.357. The molecule has 105 valence electrons. The van der Waals surface area contributed by atoms with Crippen molar-refractivity contribution in [2.75, 3.05) is 18.0 Å². The molecule has 1 N–H and O–H groups in total. The summed E-state index contributed by atoms with van der Waals surface area (Å²) in [5.74, 6) is -3.45. The fourth-order valence-corrected chi connectivity index (χ4v) is 2.52. The lowest BCUT2D eigenvalue weighted by atomic mass is 9.89. The Morgan fingerprint density at radius 3 is 2.30 bits per heavy atom. The smallest absolute Gasteiger partial charge is 0.234 e. The van der Waals surface area contributed by atoms with E-state index in [1.807, 2.05) is 11.3 Å². The highest BCUT2D eigenvalue weighted by Crippen LogP contribution is 2.33. The molecule has 2 fully saturated rings. The van der Waals surface area contributed by atoms with E-state index >= 15 is 0 Å². The number of nitrogens with zero attached hydrogens (tertiary/aromatic N) is 1. The van der Waals surface area contributed by atoms with Gasteiger partial charge in [-0.05, 0) is 18.6 Å². The molecule has 2 amide bonds. The standard InChI is InChI=1S/C14H13F2N2O2/c15-10-6-8(18-4-1-5-18)7-11(16)13(10)9-2-3-12(19)17-14(9)20/h1,6-7,9H,2-5H2,(H,17,19,20). The van der Waals surface area contributed by atoms with E-state index in [9.17, 15) is 18.4 Å². The molecule has 2 aliphatic rings. The molecule has 0 aromatic heterocycles. The van der Waals surface area contributed by atoms with Gasteiger partial charge in [0.2, 0.25) is 11.8 Å². The van der Waals surface area contributed by atoms with Gasteiger partial charge in [-0.25, -0.2) is 8.78 Å². The molecule has 1 atom stereocenters. The molecule has 3 rings (SSSR count). The van der Waals surface area contributed by atoms with E-state index in [0.717, 1.165) is 0 Å². The number of anilines is 1. The summed E-state index contributed by atoms with van der Waals surface area (Å²) in [6, 6.07) is 2.49. The number of piperidine rings is 1. The van der Waals surface area contributed by atoms with Crippen molar-refractivity contribution in [1.29, 1.82) is 0 Å². The molecule has 1 aromatic rings. The Morgan fingerprint density at radius 1 is 1.15 bits per heavy atom. The number of benzene rings is 1. The van der Waals surface area contributed by atoms with Crippen molar-refractivity contribution in [2.24, 2.45) is 0 Å². The molecule has 0 bridgehead atoms. The van der Waals surface area contributed by atoms with Gasteiger partial charge in [-0.1, -0.05) is 0 Å². The first-order valence-corrected chi connectivity index (χ1v) is 6.45. The molecule has 1 unspecified atom stereocenters. The summed E-state index contributed by atoms with van der Waals surface area (Å²) in [7, 11) is 0. The normalized spacial score (nSPS) is 22.5. The number of hydrogen-bond donors (Lipinski definition) is 1. The van der Waals surface area contributed by atoms with Gasteiger partial charge < -0.3 is 4.90 Å². The summed E-state index contributed by atoms with van der Waals surface area (Å²) >= 11 is 0. The first kappa shape index (κ1) is 13.0. The van der Waals surface area contributed by atoms with Crippen LogP contribution in [0.25, 0.3) is 0 Å². The lowest BCUT2D eigenvalue weighted by Crippen LogP contribution is -2.40. The molecule has 2 aliphatic heterocycles. The van der Waals surface area contributed by atoms with Gasteiger partial charge in [0, 0.05) is 37.2 Å². The van der Waals surface area contributed by atoms with Crippen LogP contribution < -0.4 is 10.2 Å². The van der Waals surface area contributed by atoms with Crippen LogP contribution in [0.15, 0.2) is 12.1 Å². The van der Waals surface area contributed by atoms with Gasteiger partial charge >= 0.3 is 0 Å². The molecule has 4 nitrogen and oxygen atoms in total. The summed E-state index contributed by atoms with van der Waals surface area (Å²) in [5, 5.41) is 2.12. The van der Waals surface area contributed by atoms with Crippen LogP contribution in [0, 0.1) is 18.1 Å². The van der Waals surface area contributed by atoms with Crippen molar-refractivity contribution >= 4 is 17.5 Å². The lowest BCUT2D eigenvalue weighted by Gasteiger charge is -2.33. The number of rotatable bonds is 2. The zero-order valence-corrected chi connectivity index (χ0v) is 10.7. The largest absolute Gasteiger partial charge is 0.371 e. The van der Waals surface area contributed by atoms with Crippen molar-refractivity contribution in [1.82, 2.24) is 5.32 Å². The van der Waals surface area contributed by atoms with E-state index in [4.69, 9.17) is 0 Å². The Morgan fingerprint density at radius 2 is 1.80 bits per heavy atom. The zero-order chi connectivity index (χ0) is 14.3. The highest BCUT2D eigenvalue weighted by molar-refractivity contribution is 6.01. The predicted octanol–water partition coefficient (Wildman–Crippen LogP) is 1.51. The molecular formula is C14H13F2N2O2. The van der Waals surface area contributed by atoms with Crippen molar-refractivity contribution < 1.29 is 18.4 Å². The lowest BCUT2D eigenvalue weighted by molar-refractivity contribution is -0.134. The van der Waals surface area contributed by atoms with Gasteiger partial charge in [0.1, 0.15) is 11.6 Å². The topological polar surface area (TPSA) is 49.4 Å². The van der Waals surface area contributed by atoms with Gasteiger partial charge in [-0.3, -0.25) is 14.9 Å². The maximum Gasteiger partial charge on any atom is 0.234 e. The average molecular weight is 279 g/mol. The van der Waals surface area contributed by atoms with Gasteiger partial charge in [0.05, 0.1) is 5.92 Å². The summed E-state index contributed by atoms with van der Waals surface area (Å²) in [4.78, 5) is 24.6. The predicted molar refractivity (Wildman–Crippen MR) is 68.0 cm³/mol. The van der Waals surface area contributed by atoms with Crippen LogP contribution in [0.2, 0.25) is 0 Å². The molecule has 0 aliphatic carbocycles. The van der Waals surface area contributed by atoms with E-state index in [-0.39, 0.29) is 18.4 Å². The Bertz CT molecular complexity index is 562. The van der Waals surface area contributed by atoms with Crippen LogP contribution in [-0.2, 0) is 9.59 Å². The molecular weight excluding hydrogens is 266 g/mol. The number of carbonyl (C=O) groups is 2. The van der Waals surface area contributed by atoms with Crippen LogP contribution in [0.1, 0.15) is 24.3 Å². The third-order valence-corrected chi connectivity index (χ3v) is 3.72. The Labute approximate surface area is 114 Å². The van der Waals surface area contributed by atoms with E-state index in [2.05, 4.69) is 5.32 Å². The second kappa shape index (κ2) is 4.85. The van der Waals surface area contributed by atoms with Crippen molar-refractivity contribution in [3.05, 3.63) is 35.8 Å². The summed E-state index contributed by atoms with van der Waals surface area (Å²) < 4.78 is 28.3. The highest BCUT2D eigenvalue weighted by Gasteiger charge is 2.33. The maximum atomic E-state index is 14.1. The van der Waals surface area contributed by atoms with Crippen molar-refractivity contribution in [3.8, 4) is 0 Å². The first-order valence-electron chi connectivity index (χ1n) is 6.45. The van der Waals surface area contributed by atoms with Crippen LogP contribution >= 0.6 is 0 Å². The van der Waals surface area contributed by atoms with E-state index in [1.54, 1.807) is 0 Å². The molecule has 2 saturated heterocycles. The Hall–Kier alpha value is -1.98. The molecule has 6 heteroatoms. The average Bonchev–Trinajstić information content (AvgIpc) is 2.28. The number of hydrogen-bond acceptors (Lipinski definition) is 3. The molecule has 0 saturated carbocycles. The van der Waals surface area contributed by atoms with Gasteiger partial charge in [-0.15, -0.1) is 0 Å². The molecule has 2 heterocycles. The van der Waals surface area contributed by atoms with Crippen LogP contribution in [0.3, 0.4) is 0 Å². The molecule has 1 radical (unpaired) electrons. The highest BCUT2D eigenvalue weighted by atomic mass is 19.1. The van der Waals surface area contributed by atoms with Crippen LogP contribution in [0.4, 0.5) is 14.5 Å².